The first-order valence-corrected chi connectivity index (χ1v) is 15.0. The van der Waals surface area contributed by atoms with Crippen molar-refractivity contribution in [1.82, 2.24) is 9.97 Å². The molecule has 11 nitrogen and oxygen atoms in total. The van der Waals surface area contributed by atoms with Gasteiger partial charge in [-0.1, -0.05) is 19.6 Å². The standard InChI is InChI=1S/C21H32N4O7Si/c1-21(30-7-8-31-21)6-5-15-12-24(20(27)32-15)16-11-22-19-18(23-16)25(17(26)13-29-19)14-28-9-10-33(2,3)4/h11,15H,5-10,12-14H2,1-4H3. The summed E-state index contributed by atoms with van der Waals surface area (Å²) in [6.45, 7) is 10.6. The number of cyclic esters (lactones) is 1. The Morgan fingerprint density at radius 3 is 2.73 bits per heavy atom. The number of fused-ring (bicyclic) bond motifs is 1. The monoisotopic (exact) mass is 480 g/mol. The third kappa shape index (κ3) is 5.80. The van der Waals surface area contributed by atoms with Gasteiger partial charge in [-0.05, 0) is 19.4 Å². The molecule has 0 saturated carbocycles. The molecule has 33 heavy (non-hydrogen) atoms. The molecule has 12 heteroatoms. The highest BCUT2D eigenvalue weighted by atomic mass is 28.3. The summed E-state index contributed by atoms with van der Waals surface area (Å²) in [7, 11) is -1.25. The van der Waals surface area contributed by atoms with Crippen LogP contribution in [0.25, 0.3) is 0 Å². The summed E-state index contributed by atoms with van der Waals surface area (Å²) < 4.78 is 27.9. The minimum absolute atomic E-state index is 0.0590. The second-order valence-electron chi connectivity index (χ2n) is 9.80. The predicted octanol–water partition coefficient (Wildman–Crippen LogP) is 2.38. The Bertz CT molecular complexity index is 888. The molecule has 0 spiro atoms. The number of carbonyl (C=O) groups is 2. The van der Waals surface area contributed by atoms with Gasteiger partial charge < -0.3 is 23.7 Å². The summed E-state index contributed by atoms with van der Waals surface area (Å²) >= 11 is 0. The lowest BCUT2D eigenvalue weighted by molar-refractivity contribution is -0.150. The van der Waals surface area contributed by atoms with Crippen LogP contribution in [0.1, 0.15) is 19.8 Å². The first-order valence-electron chi connectivity index (χ1n) is 11.3. The molecule has 3 aliphatic rings. The molecule has 0 N–H and O–H groups in total. The van der Waals surface area contributed by atoms with Crippen LogP contribution in [0.3, 0.4) is 0 Å². The SMILES string of the molecule is CC1(CCC2CN(c3cnc4c(n3)N(COCC[Si](C)(C)C)C(=O)CO4)C(=O)O2)OCCO1. The van der Waals surface area contributed by atoms with Gasteiger partial charge in [-0.3, -0.25) is 14.6 Å². The fourth-order valence-electron chi connectivity index (χ4n) is 3.74. The molecule has 2 fully saturated rings. The van der Waals surface area contributed by atoms with E-state index in [0.29, 0.717) is 45.0 Å². The maximum Gasteiger partial charge on any atom is 0.415 e. The van der Waals surface area contributed by atoms with Crippen molar-refractivity contribution >= 4 is 31.7 Å². The lowest BCUT2D eigenvalue weighted by Gasteiger charge is -2.28. The van der Waals surface area contributed by atoms with Crippen LogP contribution < -0.4 is 14.5 Å². The van der Waals surface area contributed by atoms with Gasteiger partial charge in [0.05, 0.1) is 26.0 Å². The molecule has 182 valence electrons. The molecule has 1 aromatic rings. The Hall–Kier alpha value is -2.28. The number of ether oxygens (including phenoxy) is 5. The van der Waals surface area contributed by atoms with Gasteiger partial charge in [-0.2, -0.15) is 0 Å². The highest BCUT2D eigenvalue weighted by molar-refractivity contribution is 6.76. The van der Waals surface area contributed by atoms with E-state index in [4.69, 9.17) is 23.7 Å². The predicted molar refractivity (Wildman–Crippen MR) is 121 cm³/mol. The first kappa shape index (κ1) is 23.9. The van der Waals surface area contributed by atoms with Crippen LogP contribution in [-0.4, -0.2) is 81.6 Å². The Balaban J connectivity index is 1.41. The Morgan fingerprint density at radius 2 is 2.00 bits per heavy atom. The van der Waals surface area contributed by atoms with E-state index in [1.165, 1.54) is 16.0 Å². The van der Waals surface area contributed by atoms with E-state index in [1.807, 2.05) is 6.92 Å². The molecule has 3 aliphatic heterocycles. The van der Waals surface area contributed by atoms with E-state index in [-0.39, 0.29) is 37.0 Å². The van der Waals surface area contributed by atoms with Gasteiger partial charge >= 0.3 is 6.09 Å². The lowest BCUT2D eigenvalue weighted by Crippen LogP contribution is -2.42. The van der Waals surface area contributed by atoms with Gasteiger partial charge in [0.25, 0.3) is 11.8 Å². The van der Waals surface area contributed by atoms with Gasteiger partial charge in [0.1, 0.15) is 12.8 Å². The summed E-state index contributed by atoms with van der Waals surface area (Å²) in [5, 5.41) is 0. The van der Waals surface area contributed by atoms with Crippen molar-refractivity contribution in [1.29, 1.82) is 0 Å². The molecule has 1 aromatic heterocycles. The topological polar surface area (TPSA) is 113 Å². The number of carbonyl (C=O) groups excluding carboxylic acids is 2. The lowest BCUT2D eigenvalue weighted by atomic mass is 10.1. The highest BCUT2D eigenvalue weighted by Crippen LogP contribution is 2.32. The molecule has 2 saturated heterocycles. The van der Waals surface area contributed by atoms with Gasteiger partial charge in [0.2, 0.25) is 5.82 Å². The van der Waals surface area contributed by atoms with Crippen LogP contribution in [0.2, 0.25) is 25.7 Å². The number of amides is 2. The molecule has 2 amide bonds. The normalized spacial score (nSPS) is 22.4. The highest BCUT2D eigenvalue weighted by Gasteiger charge is 2.38. The second-order valence-corrected chi connectivity index (χ2v) is 15.4. The zero-order valence-electron chi connectivity index (χ0n) is 19.7. The van der Waals surface area contributed by atoms with E-state index >= 15 is 0 Å². The van der Waals surface area contributed by atoms with Crippen LogP contribution in [0.4, 0.5) is 16.4 Å². The molecular weight excluding hydrogens is 448 g/mol. The average Bonchev–Trinajstić information content (AvgIpc) is 3.36. The van der Waals surface area contributed by atoms with E-state index in [9.17, 15) is 9.59 Å². The van der Waals surface area contributed by atoms with Crippen molar-refractivity contribution in [3.63, 3.8) is 0 Å². The van der Waals surface area contributed by atoms with E-state index in [0.717, 1.165) is 6.04 Å². The third-order valence-electron chi connectivity index (χ3n) is 5.78. The molecule has 0 aromatic carbocycles. The van der Waals surface area contributed by atoms with Gasteiger partial charge in [-0.15, -0.1) is 0 Å². The minimum Gasteiger partial charge on any atom is -0.465 e. The smallest absolute Gasteiger partial charge is 0.415 e. The molecule has 4 heterocycles. The fraction of sp³-hybridized carbons (Fsp3) is 0.714. The van der Waals surface area contributed by atoms with Crippen molar-refractivity contribution in [2.75, 3.05) is 49.5 Å². The molecule has 4 rings (SSSR count). The zero-order chi connectivity index (χ0) is 23.6. The van der Waals surface area contributed by atoms with Gasteiger partial charge in [0, 0.05) is 21.1 Å². The van der Waals surface area contributed by atoms with Crippen LogP contribution >= 0.6 is 0 Å². The van der Waals surface area contributed by atoms with Crippen molar-refractivity contribution < 1.29 is 33.3 Å². The van der Waals surface area contributed by atoms with Crippen molar-refractivity contribution in [2.24, 2.45) is 0 Å². The molecule has 0 radical (unpaired) electrons. The van der Waals surface area contributed by atoms with Crippen molar-refractivity contribution in [2.45, 2.75) is 57.3 Å². The first-order chi connectivity index (χ1) is 15.6. The summed E-state index contributed by atoms with van der Waals surface area (Å²) in [5.74, 6) is -0.132. The number of hydrogen-bond donors (Lipinski definition) is 0. The Labute approximate surface area is 194 Å². The Morgan fingerprint density at radius 1 is 1.24 bits per heavy atom. The number of aromatic nitrogens is 2. The largest absolute Gasteiger partial charge is 0.465 e. The average molecular weight is 481 g/mol. The van der Waals surface area contributed by atoms with Gasteiger partial charge in [-0.25, -0.2) is 14.8 Å². The quantitative estimate of drug-likeness (QED) is 0.388. The number of nitrogens with zero attached hydrogens (tertiary/aromatic N) is 4. The van der Waals surface area contributed by atoms with Gasteiger partial charge in [0.15, 0.2) is 18.2 Å². The molecule has 1 unspecified atom stereocenters. The maximum absolute atomic E-state index is 12.5. The second kappa shape index (κ2) is 9.53. The minimum atomic E-state index is -1.25. The number of hydrogen-bond acceptors (Lipinski definition) is 9. The third-order valence-corrected chi connectivity index (χ3v) is 7.49. The Kier molecular flexibility index (Phi) is 6.89. The number of anilines is 2. The maximum atomic E-state index is 12.5. The van der Waals surface area contributed by atoms with Crippen LogP contribution in [0.15, 0.2) is 6.20 Å². The molecule has 0 bridgehead atoms. The van der Waals surface area contributed by atoms with E-state index < -0.39 is 20.0 Å². The summed E-state index contributed by atoms with van der Waals surface area (Å²) in [5.41, 5.74) is 0. The van der Waals surface area contributed by atoms with Crippen LogP contribution in [0, 0.1) is 0 Å². The van der Waals surface area contributed by atoms with Crippen LogP contribution in [0.5, 0.6) is 5.88 Å². The van der Waals surface area contributed by atoms with Crippen molar-refractivity contribution in [3.8, 4) is 5.88 Å². The summed E-state index contributed by atoms with van der Waals surface area (Å²) in [6.07, 6.45) is 1.83. The van der Waals surface area contributed by atoms with Crippen molar-refractivity contribution in [3.05, 3.63) is 6.20 Å². The summed E-state index contributed by atoms with van der Waals surface area (Å²) in [4.78, 5) is 36.6. The van der Waals surface area contributed by atoms with E-state index in [2.05, 4.69) is 29.6 Å². The molecular formula is C21H32N4O7Si. The van der Waals surface area contributed by atoms with Crippen LogP contribution in [-0.2, 0) is 23.7 Å². The molecule has 1 atom stereocenters. The van der Waals surface area contributed by atoms with E-state index in [1.54, 1.807) is 0 Å². The molecule has 0 aliphatic carbocycles. The fourth-order valence-corrected chi connectivity index (χ4v) is 4.50. The summed E-state index contributed by atoms with van der Waals surface area (Å²) in [6, 6.07) is 0.986. The number of rotatable bonds is 9. The zero-order valence-corrected chi connectivity index (χ0v) is 20.7.